The molecule has 0 unspecified atom stereocenters. The molecule has 18 heavy (non-hydrogen) atoms. The van der Waals surface area contributed by atoms with Crippen LogP contribution in [0.2, 0.25) is 0 Å². The van der Waals surface area contributed by atoms with Crippen molar-refractivity contribution in [3.63, 3.8) is 0 Å². The highest BCUT2D eigenvalue weighted by molar-refractivity contribution is 5.69. The Balaban J connectivity index is 2.44. The predicted octanol–water partition coefficient (Wildman–Crippen LogP) is 2.29. The van der Waals surface area contributed by atoms with Gasteiger partial charge < -0.3 is 11.1 Å². The largest absolute Gasteiger partial charge is 0.383 e. The van der Waals surface area contributed by atoms with Crippen LogP contribution >= 0.6 is 0 Å². The molecule has 2 rings (SSSR count). The Morgan fingerprint density at radius 2 is 2.06 bits per heavy atom. The summed E-state index contributed by atoms with van der Waals surface area (Å²) in [5.74, 6) is 1.04. The Hall–Kier alpha value is -2.61. The molecule has 3 N–H and O–H groups in total. The van der Waals surface area contributed by atoms with Gasteiger partial charge >= 0.3 is 0 Å². The lowest BCUT2D eigenvalue weighted by atomic mass is 10.1. The Morgan fingerprint density at radius 1 is 1.28 bits per heavy atom. The van der Waals surface area contributed by atoms with Crippen LogP contribution in [0.5, 0.6) is 0 Å². The van der Waals surface area contributed by atoms with E-state index >= 15 is 0 Å². The van der Waals surface area contributed by atoms with Gasteiger partial charge in [-0.1, -0.05) is 12.1 Å². The monoisotopic (exact) mass is 239 g/mol. The fourth-order valence-electron chi connectivity index (χ4n) is 1.64. The van der Waals surface area contributed by atoms with Gasteiger partial charge in [0.05, 0.1) is 11.3 Å². The lowest BCUT2D eigenvalue weighted by Crippen LogP contribution is -2.03. The van der Waals surface area contributed by atoms with Crippen LogP contribution in [0.3, 0.4) is 0 Å². The van der Waals surface area contributed by atoms with Crippen molar-refractivity contribution in [2.75, 3.05) is 11.1 Å². The molecule has 0 saturated carbocycles. The highest BCUT2D eigenvalue weighted by Gasteiger charge is 2.08. The molecule has 0 spiro atoms. The summed E-state index contributed by atoms with van der Waals surface area (Å²) in [4.78, 5) is 8.03. The third-order valence-corrected chi connectivity index (χ3v) is 2.76. The number of anilines is 3. The fourth-order valence-corrected chi connectivity index (χ4v) is 1.64. The van der Waals surface area contributed by atoms with E-state index in [1.165, 1.54) is 6.33 Å². The second kappa shape index (κ2) is 4.72. The molecule has 0 amide bonds. The quantitative estimate of drug-likeness (QED) is 0.839. The molecule has 90 valence electrons. The first-order chi connectivity index (χ1) is 8.63. The lowest BCUT2D eigenvalue weighted by Gasteiger charge is -2.11. The Bertz CT molecular complexity index is 628. The van der Waals surface area contributed by atoms with E-state index in [0.717, 1.165) is 16.8 Å². The van der Waals surface area contributed by atoms with E-state index in [4.69, 9.17) is 11.0 Å². The van der Waals surface area contributed by atoms with Crippen molar-refractivity contribution < 1.29 is 0 Å². The van der Waals surface area contributed by atoms with E-state index in [-0.39, 0.29) is 0 Å². The summed E-state index contributed by atoms with van der Waals surface area (Å²) in [6.07, 6.45) is 1.40. The normalized spacial score (nSPS) is 9.83. The minimum absolute atomic E-state index is 0.429. The maximum atomic E-state index is 9.15. The number of nitrogens with one attached hydrogen (secondary N) is 1. The van der Waals surface area contributed by atoms with Gasteiger partial charge in [0.2, 0.25) is 0 Å². The minimum atomic E-state index is 0.429. The van der Waals surface area contributed by atoms with Crippen LogP contribution in [-0.2, 0) is 0 Å². The van der Waals surface area contributed by atoms with Crippen LogP contribution in [0.4, 0.5) is 17.3 Å². The van der Waals surface area contributed by atoms with Gasteiger partial charge in [-0.25, -0.2) is 9.97 Å². The van der Waals surface area contributed by atoms with Crippen molar-refractivity contribution in [1.82, 2.24) is 9.97 Å². The summed E-state index contributed by atoms with van der Waals surface area (Å²) in [6.45, 7) is 3.73. The third-order valence-electron chi connectivity index (χ3n) is 2.76. The van der Waals surface area contributed by atoms with Crippen LogP contribution in [-0.4, -0.2) is 9.97 Å². The molecule has 0 radical (unpaired) electrons. The summed E-state index contributed by atoms with van der Waals surface area (Å²) in [6, 6.07) is 7.80. The number of nitrogens with zero attached hydrogens (tertiary/aromatic N) is 3. The lowest BCUT2D eigenvalue weighted by molar-refractivity contribution is 1.14. The third kappa shape index (κ3) is 2.09. The van der Waals surface area contributed by atoms with E-state index in [2.05, 4.69) is 21.4 Å². The van der Waals surface area contributed by atoms with Crippen LogP contribution in [0.15, 0.2) is 24.5 Å². The molecule has 5 heteroatoms. The number of nitrogens with two attached hydrogens (primary N) is 1. The number of nitriles is 1. The SMILES string of the molecule is Cc1cccc(Nc2ncnc(N)c2C)c1C#N. The number of hydrogen-bond donors (Lipinski definition) is 2. The first-order valence-corrected chi connectivity index (χ1v) is 5.47. The van der Waals surface area contributed by atoms with Crippen LogP contribution in [0, 0.1) is 25.2 Å². The highest BCUT2D eigenvalue weighted by Crippen LogP contribution is 2.24. The molecule has 0 aliphatic heterocycles. The van der Waals surface area contributed by atoms with E-state index in [0.29, 0.717) is 17.2 Å². The molecule has 0 fully saturated rings. The van der Waals surface area contributed by atoms with Gasteiger partial charge in [-0.15, -0.1) is 0 Å². The summed E-state index contributed by atoms with van der Waals surface area (Å²) in [5, 5.41) is 12.3. The molecular weight excluding hydrogens is 226 g/mol. The molecule has 0 atom stereocenters. The second-order valence-electron chi connectivity index (χ2n) is 3.97. The van der Waals surface area contributed by atoms with Gasteiger partial charge in [-0.05, 0) is 25.5 Å². The number of nitrogen functional groups attached to an aromatic ring is 1. The number of benzene rings is 1. The van der Waals surface area contributed by atoms with Crippen molar-refractivity contribution in [1.29, 1.82) is 5.26 Å². The standard InChI is InChI=1S/C13H13N5/c1-8-4-3-5-11(10(8)6-14)18-13-9(2)12(15)16-7-17-13/h3-5,7H,1-2H3,(H3,15,16,17,18). The minimum Gasteiger partial charge on any atom is -0.383 e. The van der Waals surface area contributed by atoms with Crippen molar-refractivity contribution in [2.24, 2.45) is 0 Å². The highest BCUT2D eigenvalue weighted by atomic mass is 15.0. The Kier molecular flexibility index (Phi) is 3.11. The van der Waals surface area contributed by atoms with Gasteiger partial charge in [0.1, 0.15) is 24.0 Å². The molecule has 5 nitrogen and oxygen atoms in total. The van der Waals surface area contributed by atoms with Crippen LogP contribution < -0.4 is 11.1 Å². The molecule has 0 saturated heterocycles. The van der Waals surface area contributed by atoms with E-state index in [1.807, 2.05) is 32.0 Å². The molecule has 1 heterocycles. The van der Waals surface area contributed by atoms with Crippen LogP contribution in [0.1, 0.15) is 16.7 Å². The smallest absolute Gasteiger partial charge is 0.138 e. The molecule has 2 aromatic rings. The predicted molar refractivity (Wildman–Crippen MR) is 70.4 cm³/mol. The molecular formula is C13H13N5. The summed E-state index contributed by atoms with van der Waals surface area (Å²) in [7, 11) is 0. The van der Waals surface area contributed by atoms with Gasteiger partial charge in [0.15, 0.2) is 0 Å². The van der Waals surface area contributed by atoms with E-state index in [1.54, 1.807) is 0 Å². The average molecular weight is 239 g/mol. The fraction of sp³-hybridized carbons (Fsp3) is 0.154. The zero-order valence-electron chi connectivity index (χ0n) is 10.2. The summed E-state index contributed by atoms with van der Waals surface area (Å²) in [5.41, 5.74) is 8.73. The second-order valence-corrected chi connectivity index (χ2v) is 3.97. The number of rotatable bonds is 2. The van der Waals surface area contributed by atoms with E-state index < -0.39 is 0 Å². The van der Waals surface area contributed by atoms with E-state index in [9.17, 15) is 0 Å². The molecule has 1 aromatic carbocycles. The Labute approximate surface area is 105 Å². The topological polar surface area (TPSA) is 87.6 Å². The maximum Gasteiger partial charge on any atom is 0.138 e. The molecule has 0 aliphatic carbocycles. The van der Waals surface area contributed by atoms with Crippen LogP contribution in [0.25, 0.3) is 0 Å². The van der Waals surface area contributed by atoms with Crippen molar-refractivity contribution in [3.8, 4) is 6.07 Å². The number of aromatic nitrogens is 2. The Morgan fingerprint density at radius 3 is 2.78 bits per heavy atom. The molecule has 1 aromatic heterocycles. The first kappa shape index (κ1) is 11.9. The first-order valence-electron chi connectivity index (χ1n) is 5.47. The zero-order valence-corrected chi connectivity index (χ0v) is 10.2. The van der Waals surface area contributed by atoms with Gasteiger partial charge in [-0.2, -0.15) is 5.26 Å². The maximum absolute atomic E-state index is 9.15. The van der Waals surface area contributed by atoms with Gasteiger partial charge in [-0.3, -0.25) is 0 Å². The average Bonchev–Trinajstić information content (AvgIpc) is 2.35. The zero-order chi connectivity index (χ0) is 13.1. The number of hydrogen-bond acceptors (Lipinski definition) is 5. The van der Waals surface area contributed by atoms with Gasteiger partial charge in [0, 0.05) is 5.56 Å². The van der Waals surface area contributed by atoms with Crippen molar-refractivity contribution in [3.05, 3.63) is 41.2 Å². The summed E-state index contributed by atoms with van der Waals surface area (Å²) >= 11 is 0. The molecule has 0 aliphatic rings. The summed E-state index contributed by atoms with van der Waals surface area (Å²) < 4.78 is 0. The van der Waals surface area contributed by atoms with Crippen molar-refractivity contribution >= 4 is 17.3 Å². The number of aryl methyl sites for hydroxylation is 1. The molecule has 0 bridgehead atoms. The van der Waals surface area contributed by atoms with Crippen molar-refractivity contribution in [2.45, 2.75) is 13.8 Å². The van der Waals surface area contributed by atoms with Gasteiger partial charge in [0.25, 0.3) is 0 Å².